The topological polar surface area (TPSA) is 109 Å². The van der Waals surface area contributed by atoms with Crippen LogP contribution in [0.3, 0.4) is 0 Å². The molecule has 1 aliphatic rings. The molecule has 2 heterocycles. The second kappa shape index (κ2) is 9.74. The van der Waals surface area contributed by atoms with Gasteiger partial charge in [0, 0.05) is 55.3 Å². The van der Waals surface area contributed by atoms with Crippen LogP contribution in [0.2, 0.25) is 0 Å². The molecule has 2 aromatic heterocycles. The van der Waals surface area contributed by atoms with Gasteiger partial charge in [-0.25, -0.2) is 9.97 Å². The molecule has 1 amide bonds. The Hall–Kier alpha value is -3.52. The molecule has 1 aliphatic carbocycles. The van der Waals surface area contributed by atoms with Crippen LogP contribution < -0.4 is 21.3 Å². The molecule has 166 valence electrons. The lowest BCUT2D eigenvalue weighted by molar-refractivity contribution is 0.0921. The van der Waals surface area contributed by atoms with Crippen molar-refractivity contribution in [2.75, 3.05) is 24.3 Å². The van der Waals surface area contributed by atoms with E-state index >= 15 is 0 Å². The Morgan fingerprint density at radius 1 is 1.06 bits per heavy atom. The molecule has 4 N–H and O–H groups in total. The van der Waals surface area contributed by atoms with Gasteiger partial charge in [0.25, 0.3) is 5.91 Å². The van der Waals surface area contributed by atoms with E-state index in [9.17, 15) is 4.79 Å². The third kappa shape index (κ3) is 5.20. The smallest absolute Gasteiger partial charge is 0.251 e. The van der Waals surface area contributed by atoms with Crippen LogP contribution in [0.1, 0.15) is 36.0 Å². The predicted molar refractivity (Wildman–Crippen MR) is 127 cm³/mol. The average Bonchev–Trinajstić information content (AvgIpc) is 2.81. The molecular formula is C24H29N7O. The van der Waals surface area contributed by atoms with Crippen molar-refractivity contribution in [3.05, 3.63) is 60.7 Å². The molecule has 0 radical (unpaired) electrons. The van der Waals surface area contributed by atoms with Crippen LogP contribution in [0.15, 0.2) is 55.1 Å². The number of nitrogens with one attached hydrogen (secondary N) is 2. The predicted octanol–water partition coefficient (Wildman–Crippen LogP) is 3.35. The fourth-order valence-corrected chi connectivity index (χ4v) is 3.84. The van der Waals surface area contributed by atoms with Gasteiger partial charge in [0.15, 0.2) is 0 Å². The summed E-state index contributed by atoms with van der Waals surface area (Å²) in [6.07, 6.45) is 9.26. The zero-order valence-corrected chi connectivity index (χ0v) is 18.5. The van der Waals surface area contributed by atoms with Crippen molar-refractivity contribution in [1.82, 2.24) is 20.3 Å². The molecule has 3 aromatic rings. The fraction of sp³-hybridized carbons (Fsp3) is 0.333. The number of nitrogens with zero attached hydrogens (tertiary/aromatic N) is 4. The summed E-state index contributed by atoms with van der Waals surface area (Å²) in [5, 5.41) is 6.35. The lowest BCUT2D eigenvalue weighted by atomic mass is 9.91. The first kappa shape index (κ1) is 21.7. The largest absolute Gasteiger partial charge is 0.376 e. The van der Waals surface area contributed by atoms with Crippen LogP contribution in [0.25, 0.3) is 11.3 Å². The minimum atomic E-state index is -0.0866. The highest BCUT2D eigenvalue weighted by atomic mass is 16.1. The van der Waals surface area contributed by atoms with Gasteiger partial charge < -0.3 is 21.3 Å². The molecule has 32 heavy (non-hydrogen) atoms. The van der Waals surface area contributed by atoms with E-state index < -0.39 is 0 Å². The number of pyridine rings is 1. The number of aromatic nitrogens is 3. The third-order valence-corrected chi connectivity index (χ3v) is 5.76. The SMILES string of the molecule is CN(C)c1cncc(-c2cc(Nc3ccc(C(=O)NC4CCCCC4N)cc3)ncn2)c1. The first-order valence-electron chi connectivity index (χ1n) is 10.9. The van der Waals surface area contributed by atoms with E-state index in [1.165, 1.54) is 6.33 Å². The Morgan fingerprint density at radius 2 is 1.84 bits per heavy atom. The second-order valence-corrected chi connectivity index (χ2v) is 8.35. The van der Waals surface area contributed by atoms with Gasteiger partial charge in [0.1, 0.15) is 12.1 Å². The first-order chi connectivity index (χ1) is 15.5. The first-order valence-corrected chi connectivity index (χ1v) is 10.9. The minimum absolute atomic E-state index is 0.0363. The van der Waals surface area contributed by atoms with Gasteiger partial charge in [-0.1, -0.05) is 12.8 Å². The standard InChI is InChI=1S/C24H29N7O/c1-31(2)19-11-17(13-26-14-19)22-12-23(28-15-27-22)29-18-9-7-16(8-10-18)24(32)30-21-6-4-3-5-20(21)25/h7-15,20-21H,3-6,25H2,1-2H3,(H,30,32)(H,27,28,29). The van der Waals surface area contributed by atoms with Gasteiger partial charge in [0.2, 0.25) is 0 Å². The number of hydrogen-bond donors (Lipinski definition) is 3. The molecule has 8 heteroatoms. The highest BCUT2D eigenvalue weighted by Crippen LogP contribution is 2.24. The summed E-state index contributed by atoms with van der Waals surface area (Å²) < 4.78 is 0. The maximum atomic E-state index is 12.6. The van der Waals surface area contributed by atoms with E-state index in [-0.39, 0.29) is 18.0 Å². The van der Waals surface area contributed by atoms with E-state index in [4.69, 9.17) is 5.73 Å². The zero-order valence-electron chi connectivity index (χ0n) is 18.5. The van der Waals surface area contributed by atoms with Crippen molar-refractivity contribution in [3.8, 4) is 11.3 Å². The summed E-state index contributed by atoms with van der Waals surface area (Å²) in [4.78, 5) is 27.6. The highest BCUT2D eigenvalue weighted by molar-refractivity contribution is 5.94. The van der Waals surface area contributed by atoms with Crippen molar-refractivity contribution < 1.29 is 4.79 Å². The molecule has 1 aromatic carbocycles. The Bertz CT molecular complexity index is 1070. The van der Waals surface area contributed by atoms with Gasteiger partial charge in [0.05, 0.1) is 17.6 Å². The molecule has 0 bridgehead atoms. The summed E-state index contributed by atoms with van der Waals surface area (Å²) in [7, 11) is 3.95. The summed E-state index contributed by atoms with van der Waals surface area (Å²) in [6, 6.07) is 11.3. The quantitative estimate of drug-likeness (QED) is 0.549. The Labute approximate surface area is 188 Å². The van der Waals surface area contributed by atoms with Crippen LogP contribution in [0.5, 0.6) is 0 Å². The molecule has 4 rings (SSSR count). The maximum Gasteiger partial charge on any atom is 0.251 e. The molecule has 0 saturated heterocycles. The maximum absolute atomic E-state index is 12.6. The fourth-order valence-electron chi connectivity index (χ4n) is 3.84. The number of carbonyl (C=O) groups excluding carboxylic acids is 1. The zero-order chi connectivity index (χ0) is 22.5. The van der Waals surface area contributed by atoms with Crippen molar-refractivity contribution in [1.29, 1.82) is 0 Å². The number of rotatable bonds is 6. The van der Waals surface area contributed by atoms with Crippen molar-refractivity contribution >= 4 is 23.1 Å². The summed E-state index contributed by atoms with van der Waals surface area (Å²) >= 11 is 0. The number of hydrogen-bond acceptors (Lipinski definition) is 7. The number of amides is 1. The van der Waals surface area contributed by atoms with E-state index in [1.807, 2.05) is 49.5 Å². The average molecular weight is 432 g/mol. The molecule has 8 nitrogen and oxygen atoms in total. The number of anilines is 3. The lowest BCUT2D eigenvalue weighted by Crippen LogP contribution is -2.49. The van der Waals surface area contributed by atoms with Gasteiger partial charge in [-0.15, -0.1) is 0 Å². The van der Waals surface area contributed by atoms with E-state index in [2.05, 4.69) is 25.6 Å². The molecule has 2 unspecified atom stereocenters. The van der Waals surface area contributed by atoms with Gasteiger partial charge in [-0.2, -0.15) is 0 Å². The number of carbonyl (C=O) groups is 1. The Balaban J connectivity index is 1.43. The number of nitrogens with two attached hydrogens (primary N) is 1. The molecule has 0 spiro atoms. The Morgan fingerprint density at radius 3 is 2.59 bits per heavy atom. The van der Waals surface area contributed by atoms with Crippen LogP contribution in [0.4, 0.5) is 17.2 Å². The number of benzene rings is 1. The van der Waals surface area contributed by atoms with E-state index in [1.54, 1.807) is 18.3 Å². The van der Waals surface area contributed by atoms with E-state index in [0.717, 1.165) is 48.3 Å². The third-order valence-electron chi connectivity index (χ3n) is 5.76. The van der Waals surface area contributed by atoms with Crippen LogP contribution in [-0.2, 0) is 0 Å². The minimum Gasteiger partial charge on any atom is -0.376 e. The monoisotopic (exact) mass is 431 g/mol. The van der Waals surface area contributed by atoms with Crippen molar-refractivity contribution in [2.45, 2.75) is 37.8 Å². The van der Waals surface area contributed by atoms with Crippen LogP contribution >= 0.6 is 0 Å². The summed E-state index contributed by atoms with van der Waals surface area (Å²) in [5.74, 6) is 0.576. The van der Waals surface area contributed by atoms with Gasteiger partial charge >= 0.3 is 0 Å². The van der Waals surface area contributed by atoms with Gasteiger partial charge in [-0.3, -0.25) is 9.78 Å². The highest BCUT2D eigenvalue weighted by Gasteiger charge is 2.23. The summed E-state index contributed by atoms with van der Waals surface area (Å²) in [6.45, 7) is 0. The Kier molecular flexibility index (Phi) is 6.61. The van der Waals surface area contributed by atoms with Crippen LogP contribution in [-0.4, -0.2) is 47.0 Å². The molecule has 0 aliphatic heterocycles. The van der Waals surface area contributed by atoms with Gasteiger partial charge in [-0.05, 0) is 43.2 Å². The molecule has 1 saturated carbocycles. The molecular weight excluding hydrogens is 402 g/mol. The van der Waals surface area contributed by atoms with Crippen LogP contribution in [0, 0.1) is 0 Å². The lowest BCUT2D eigenvalue weighted by Gasteiger charge is -2.29. The van der Waals surface area contributed by atoms with E-state index in [0.29, 0.717) is 11.4 Å². The summed E-state index contributed by atoms with van der Waals surface area (Å²) in [5.41, 5.74) is 10.3. The van der Waals surface area contributed by atoms with Crippen molar-refractivity contribution in [2.24, 2.45) is 5.73 Å². The second-order valence-electron chi connectivity index (χ2n) is 8.35. The van der Waals surface area contributed by atoms with Crippen molar-refractivity contribution in [3.63, 3.8) is 0 Å². The molecule has 1 fully saturated rings. The molecule has 2 atom stereocenters. The normalized spacial score (nSPS) is 18.1.